The molecule has 5 aromatic rings. The fraction of sp³-hybridized carbons (Fsp3) is 0.298. The van der Waals surface area contributed by atoms with Gasteiger partial charge in [-0.15, -0.1) is 0 Å². The number of carbonyl (C=O) groups excluding carboxylic acids is 2. The highest BCUT2D eigenvalue weighted by Gasteiger charge is 2.38. The van der Waals surface area contributed by atoms with Crippen LogP contribution >= 0.6 is 23.2 Å². The van der Waals surface area contributed by atoms with Gasteiger partial charge >= 0.3 is 6.09 Å². The maximum atomic E-state index is 14.0. The monoisotopic (exact) mass is 817 g/mol. The van der Waals surface area contributed by atoms with E-state index in [1.54, 1.807) is 24.3 Å². The highest BCUT2D eigenvalue weighted by Crippen LogP contribution is 2.41. The maximum absolute atomic E-state index is 14.0. The molecular formula is C47H45Cl2N3O6. The van der Waals surface area contributed by atoms with Gasteiger partial charge in [0.05, 0.1) is 34.8 Å². The van der Waals surface area contributed by atoms with Crippen molar-refractivity contribution in [3.8, 4) is 34.4 Å². The van der Waals surface area contributed by atoms with Crippen LogP contribution in [0.4, 0.5) is 4.79 Å². The molecule has 0 aromatic heterocycles. The van der Waals surface area contributed by atoms with Crippen molar-refractivity contribution in [3.05, 3.63) is 147 Å². The van der Waals surface area contributed by atoms with Crippen LogP contribution in [0.15, 0.2) is 103 Å². The van der Waals surface area contributed by atoms with Gasteiger partial charge in [0, 0.05) is 12.5 Å². The molecule has 7 rings (SSSR count). The van der Waals surface area contributed by atoms with Crippen LogP contribution in [-0.4, -0.2) is 42.2 Å². The third-order valence-electron chi connectivity index (χ3n) is 10.1. The first-order valence-corrected chi connectivity index (χ1v) is 20.0. The number of rotatable bonds is 10. The minimum Gasteiger partial charge on any atom is -0.489 e. The Balaban J connectivity index is 1.02. The van der Waals surface area contributed by atoms with E-state index in [0.717, 1.165) is 38.9 Å². The van der Waals surface area contributed by atoms with Gasteiger partial charge in [0.1, 0.15) is 25.0 Å². The predicted octanol–water partition coefficient (Wildman–Crippen LogP) is 10.3. The second-order valence-electron chi connectivity index (χ2n) is 16.1. The third kappa shape index (κ3) is 9.87. The van der Waals surface area contributed by atoms with Gasteiger partial charge in [0.2, 0.25) is 5.91 Å². The highest BCUT2D eigenvalue weighted by atomic mass is 35.5. The number of hydrogen-bond donors (Lipinski definition) is 1. The zero-order valence-corrected chi connectivity index (χ0v) is 34.4. The van der Waals surface area contributed by atoms with Crippen LogP contribution in [0.25, 0.3) is 11.1 Å². The normalized spacial score (nSPS) is 16.4. The van der Waals surface area contributed by atoms with Crippen molar-refractivity contribution in [1.82, 2.24) is 10.2 Å². The first kappa shape index (κ1) is 40.5. The molecule has 2 aliphatic heterocycles. The SMILES string of the molecule is CC(Cc1ccc(-c2ccc(C#N)cc2)cc1)NC(=O)C1Cc2cc3c(cc2CN1C(=O)OCC(C)(C)C)OC(c1ccc(OCc2ccc(Cl)c(Cl)c2)cc1)CO3. The van der Waals surface area contributed by atoms with Gasteiger partial charge in [-0.05, 0) is 106 Å². The standard InChI is InChI=1S/C47H45Cl2N3O6/c1-29(19-30-5-10-33(11-6-30)34-12-7-31(24-50)8-13-34)51-45(53)41-21-36-22-42-43(23-37(36)25-52(41)46(54)57-28-47(2,3)4)58-44(27-56-42)35-14-16-38(17-15-35)55-26-32-9-18-39(48)40(49)20-32/h5-18,20,22-23,29,41,44H,19,21,25-28H2,1-4H3,(H,51,53). The zero-order chi connectivity index (χ0) is 41.0. The van der Waals surface area contributed by atoms with Crippen LogP contribution in [0, 0.1) is 16.7 Å². The second kappa shape index (κ2) is 17.4. The van der Waals surface area contributed by atoms with Crippen LogP contribution in [-0.2, 0) is 35.5 Å². The molecule has 58 heavy (non-hydrogen) atoms. The summed E-state index contributed by atoms with van der Waals surface area (Å²) in [6.45, 7) is 8.97. The molecule has 0 fully saturated rings. The predicted molar refractivity (Wildman–Crippen MR) is 224 cm³/mol. The summed E-state index contributed by atoms with van der Waals surface area (Å²) in [7, 11) is 0. The lowest BCUT2D eigenvalue weighted by molar-refractivity contribution is -0.127. The number of ether oxygens (including phenoxy) is 4. The number of nitrogens with zero attached hydrogens (tertiary/aromatic N) is 2. The van der Waals surface area contributed by atoms with Gasteiger partial charge < -0.3 is 24.3 Å². The summed E-state index contributed by atoms with van der Waals surface area (Å²) in [6, 6.07) is 33.7. The Hall–Kier alpha value is -5.69. The molecule has 9 nitrogen and oxygen atoms in total. The molecule has 298 valence electrons. The molecule has 0 saturated heterocycles. The molecule has 0 bridgehead atoms. The highest BCUT2D eigenvalue weighted by molar-refractivity contribution is 6.42. The van der Waals surface area contributed by atoms with Gasteiger partial charge in [0.25, 0.3) is 0 Å². The number of benzene rings is 5. The molecule has 5 aromatic carbocycles. The number of hydrogen-bond acceptors (Lipinski definition) is 7. The lowest BCUT2D eigenvalue weighted by Crippen LogP contribution is -2.54. The lowest BCUT2D eigenvalue weighted by Gasteiger charge is -2.37. The van der Waals surface area contributed by atoms with E-state index < -0.39 is 12.1 Å². The molecule has 0 saturated carbocycles. The van der Waals surface area contributed by atoms with Crippen molar-refractivity contribution in [2.24, 2.45) is 5.41 Å². The summed E-state index contributed by atoms with van der Waals surface area (Å²) < 4.78 is 24.4. The van der Waals surface area contributed by atoms with Crippen molar-refractivity contribution in [2.75, 3.05) is 13.2 Å². The van der Waals surface area contributed by atoms with E-state index in [0.29, 0.717) is 58.9 Å². The average Bonchev–Trinajstić information content (AvgIpc) is 3.22. The largest absolute Gasteiger partial charge is 0.489 e. The van der Waals surface area contributed by atoms with E-state index >= 15 is 0 Å². The number of amides is 2. The van der Waals surface area contributed by atoms with E-state index in [2.05, 4.69) is 11.4 Å². The van der Waals surface area contributed by atoms with Gasteiger partial charge in [-0.2, -0.15) is 5.26 Å². The van der Waals surface area contributed by atoms with Crippen molar-refractivity contribution >= 4 is 35.2 Å². The number of carbonyl (C=O) groups is 2. The number of fused-ring (bicyclic) bond motifs is 2. The first-order valence-electron chi connectivity index (χ1n) is 19.3. The lowest BCUT2D eigenvalue weighted by atomic mass is 9.92. The van der Waals surface area contributed by atoms with Gasteiger partial charge in [-0.3, -0.25) is 9.69 Å². The minimum atomic E-state index is -0.783. The molecule has 0 aliphatic carbocycles. The summed E-state index contributed by atoms with van der Waals surface area (Å²) in [5.74, 6) is 1.61. The molecular weight excluding hydrogens is 773 g/mol. The molecule has 3 unspecified atom stereocenters. The molecule has 3 atom stereocenters. The molecule has 11 heteroatoms. The Morgan fingerprint density at radius 1 is 0.879 bits per heavy atom. The molecule has 0 radical (unpaired) electrons. The maximum Gasteiger partial charge on any atom is 0.410 e. The van der Waals surface area contributed by atoms with E-state index in [1.807, 2.05) is 107 Å². The molecule has 1 N–H and O–H groups in total. The van der Waals surface area contributed by atoms with Gasteiger partial charge in [-0.1, -0.05) is 98.6 Å². The van der Waals surface area contributed by atoms with Gasteiger partial charge in [0.15, 0.2) is 17.6 Å². The summed E-state index contributed by atoms with van der Waals surface area (Å²) in [4.78, 5) is 29.2. The Morgan fingerprint density at radius 3 is 2.22 bits per heavy atom. The van der Waals surface area contributed by atoms with E-state index in [1.165, 1.54) is 4.90 Å². The molecule has 2 heterocycles. The fourth-order valence-electron chi connectivity index (χ4n) is 6.99. The number of halogens is 2. The molecule has 2 amide bonds. The Morgan fingerprint density at radius 2 is 1.55 bits per heavy atom. The summed E-state index contributed by atoms with van der Waals surface area (Å²) in [6.07, 6.45) is -0.00754. The average molecular weight is 819 g/mol. The molecule has 2 aliphatic rings. The third-order valence-corrected chi connectivity index (χ3v) is 10.8. The Kier molecular flexibility index (Phi) is 12.2. The Bertz CT molecular complexity index is 2320. The summed E-state index contributed by atoms with van der Waals surface area (Å²) >= 11 is 12.2. The van der Waals surface area contributed by atoms with Crippen LogP contribution < -0.4 is 19.5 Å². The summed E-state index contributed by atoms with van der Waals surface area (Å²) in [5, 5.41) is 13.3. The topological polar surface area (TPSA) is 110 Å². The van der Waals surface area contributed by atoms with E-state index in [4.69, 9.17) is 47.4 Å². The van der Waals surface area contributed by atoms with E-state index in [9.17, 15) is 9.59 Å². The van der Waals surface area contributed by atoms with Crippen molar-refractivity contribution in [2.45, 2.75) is 71.9 Å². The zero-order valence-electron chi connectivity index (χ0n) is 32.9. The van der Waals surface area contributed by atoms with Gasteiger partial charge in [-0.25, -0.2) is 4.79 Å². The number of nitriles is 1. The first-order chi connectivity index (χ1) is 27.8. The quantitative estimate of drug-likeness (QED) is 0.149. The minimum absolute atomic E-state index is 0.174. The van der Waals surface area contributed by atoms with Crippen molar-refractivity contribution < 1.29 is 28.5 Å². The Labute approximate surface area is 349 Å². The second-order valence-corrected chi connectivity index (χ2v) is 16.9. The van der Waals surface area contributed by atoms with Crippen LogP contribution in [0.2, 0.25) is 10.0 Å². The van der Waals surface area contributed by atoms with Crippen LogP contribution in [0.1, 0.15) is 67.2 Å². The van der Waals surface area contributed by atoms with E-state index in [-0.39, 0.29) is 36.6 Å². The van der Waals surface area contributed by atoms with Crippen molar-refractivity contribution in [3.63, 3.8) is 0 Å². The molecule has 0 spiro atoms. The number of nitrogens with one attached hydrogen (secondary N) is 1. The van der Waals surface area contributed by atoms with Crippen LogP contribution in [0.5, 0.6) is 17.2 Å². The van der Waals surface area contributed by atoms with Crippen LogP contribution in [0.3, 0.4) is 0 Å². The smallest absolute Gasteiger partial charge is 0.410 e. The summed E-state index contributed by atoms with van der Waals surface area (Å²) in [5.41, 5.74) is 7.10. The van der Waals surface area contributed by atoms with Crippen molar-refractivity contribution in [1.29, 1.82) is 5.26 Å². The fourth-order valence-corrected chi connectivity index (χ4v) is 7.31.